The topological polar surface area (TPSA) is 3.24 Å². The second-order valence-electron chi connectivity index (χ2n) is 19.0. The summed E-state index contributed by atoms with van der Waals surface area (Å²) in [6.07, 6.45) is 9.51. The Labute approximate surface area is 413 Å². The van der Waals surface area contributed by atoms with Gasteiger partial charge in [0.15, 0.2) is 0 Å². The maximum atomic E-state index is 2.55. The van der Waals surface area contributed by atoms with Gasteiger partial charge < -0.3 is 4.90 Å². The zero-order valence-electron chi connectivity index (χ0n) is 38.5. The Kier molecular flexibility index (Phi) is 9.41. The molecular weight excluding hydrogens is 863 g/mol. The van der Waals surface area contributed by atoms with Crippen molar-refractivity contribution < 1.29 is 0 Å². The molecule has 70 heavy (non-hydrogen) atoms. The number of rotatable bonds is 7. The summed E-state index contributed by atoms with van der Waals surface area (Å²) in [5, 5.41) is 2.64. The molecule has 2 heteroatoms. The van der Waals surface area contributed by atoms with Crippen LogP contribution < -0.4 is 4.90 Å². The van der Waals surface area contributed by atoms with E-state index in [9.17, 15) is 0 Å². The summed E-state index contributed by atoms with van der Waals surface area (Å²) in [5.41, 5.74) is 17.9. The van der Waals surface area contributed by atoms with Gasteiger partial charge in [0.25, 0.3) is 0 Å². The first-order valence-electron chi connectivity index (χ1n) is 24.5. The van der Waals surface area contributed by atoms with Gasteiger partial charge in [0.05, 0.1) is 10.8 Å². The van der Waals surface area contributed by atoms with Crippen LogP contribution in [0.5, 0.6) is 0 Å². The van der Waals surface area contributed by atoms with E-state index < -0.39 is 10.8 Å². The first-order chi connectivity index (χ1) is 34.7. The molecular formula is C68H47NS. The lowest BCUT2D eigenvalue weighted by atomic mass is 9.50. The molecule has 0 saturated carbocycles. The molecule has 2 unspecified atom stereocenters. The Hall–Kier alpha value is -8.30. The van der Waals surface area contributed by atoms with Crippen molar-refractivity contribution in [2.45, 2.75) is 16.7 Å². The van der Waals surface area contributed by atoms with Crippen LogP contribution in [-0.4, -0.2) is 0 Å². The standard InChI is InChI=1S/C68H47NS/c1-4-19-46(20-5-1)47-35-39-51(40-36-47)69(52-41-37-48(38-42-52)54-27-18-34-65-66(54)57-26-11-17-33-64(57)70-65)53-43-44-56-55-25-10-12-28-58(55)68(63(56)45-53)61-31-15-13-29-59(61)67(49-21-6-2-7-22-49,50-23-8-3-9-24-50)60-30-14-16-32-62(60)68/h1-45,55,58H. The normalized spacial score (nSPS) is 16.7. The summed E-state index contributed by atoms with van der Waals surface area (Å²) < 4.78 is 2.64. The molecule has 1 spiro atoms. The zero-order chi connectivity index (χ0) is 46.2. The first kappa shape index (κ1) is 40.7. The summed E-state index contributed by atoms with van der Waals surface area (Å²) in [6, 6.07) is 93.3. The number of thiophene rings is 1. The minimum absolute atomic E-state index is 0.156. The Bertz CT molecular complexity index is 3740. The number of hydrogen-bond acceptors (Lipinski definition) is 2. The fourth-order valence-electron chi connectivity index (χ4n) is 12.9. The number of anilines is 3. The van der Waals surface area contributed by atoms with E-state index in [2.05, 4.69) is 278 Å². The van der Waals surface area contributed by atoms with E-state index in [1.165, 1.54) is 86.9 Å². The first-order valence-corrected chi connectivity index (χ1v) is 25.3. The highest BCUT2D eigenvalue weighted by atomic mass is 32.1. The lowest BCUT2D eigenvalue weighted by Crippen LogP contribution is -2.47. The van der Waals surface area contributed by atoms with Crippen LogP contribution >= 0.6 is 11.3 Å². The molecule has 11 aromatic rings. The molecule has 0 radical (unpaired) electrons. The van der Waals surface area contributed by atoms with Crippen molar-refractivity contribution >= 4 is 48.6 Å². The number of hydrogen-bond donors (Lipinski definition) is 0. The summed E-state index contributed by atoms with van der Waals surface area (Å²) in [4.78, 5) is 2.47. The van der Waals surface area contributed by atoms with Gasteiger partial charge in [0.2, 0.25) is 0 Å². The Balaban J connectivity index is 0.997. The van der Waals surface area contributed by atoms with E-state index in [0.29, 0.717) is 0 Å². The molecule has 0 bridgehead atoms. The third kappa shape index (κ3) is 5.90. The monoisotopic (exact) mass is 909 g/mol. The molecule has 14 rings (SSSR count). The molecule has 0 aliphatic heterocycles. The lowest BCUT2D eigenvalue weighted by molar-refractivity contribution is 0.431. The second-order valence-corrected chi connectivity index (χ2v) is 20.1. The number of allylic oxidation sites excluding steroid dienone is 4. The summed E-state index contributed by atoms with van der Waals surface area (Å²) in [5.74, 6) is 0.355. The highest BCUT2D eigenvalue weighted by molar-refractivity contribution is 7.25. The molecule has 3 aliphatic carbocycles. The van der Waals surface area contributed by atoms with Gasteiger partial charge in [-0.25, -0.2) is 0 Å². The van der Waals surface area contributed by atoms with E-state index in [1.54, 1.807) is 0 Å². The van der Waals surface area contributed by atoms with E-state index in [-0.39, 0.29) is 11.8 Å². The Morgan fingerprint density at radius 1 is 0.371 bits per heavy atom. The van der Waals surface area contributed by atoms with Gasteiger partial charge in [-0.3, -0.25) is 0 Å². The highest BCUT2D eigenvalue weighted by Gasteiger charge is 2.60. The van der Waals surface area contributed by atoms with Crippen LogP contribution in [0, 0.1) is 5.92 Å². The van der Waals surface area contributed by atoms with Crippen molar-refractivity contribution in [1.82, 2.24) is 0 Å². The average molecular weight is 910 g/mol. The van der Waals surface area contributed by atoms with Gasteiger partial charge in [-0.1, -0.05) is 224 Å². The van der Waals surface area contributed by atoms with Crippen LogP contribution in [0.3, 0.4) is 0 Å². The Morgan fingerprint density at radius 2 is 0.886 bits per heavy atom. The van der Waals surface area contributed by atoms with Crippen LogP contribution in [0.1, 0.15) is 50.4 Å². The fourth-order valence-corrected chi connectivity index (χ4v) is 14.0. The molecule has 0 N–H and O–H groups in total. The van der Waals surface area contributed by atoms with Crippen LogP contribution in [0.25, 0.3) is 42.4 Å². The van der Waals surface area contributed by atoms with Gasteiger partial charge >= 0.3 is 0 Å². The number of fused-ring (bicyclic) bond motifs is 12. The molecule has 3 aliphatic rings. The number of benzene rings is 10. The van der Waals surface area contributed by atoms with Crippen LogP contribution in [0.2, 0.25) is 0 Å². The molecule has 1 nitrogen and oxygen atoms in total. The van der Waals surface area contributed by atoms with Crippen LogP contribution in [0.4, 0.5) is 17.1 Å². The maximum Gasteiger partial charge on any atom is 0.0707 e. The van der Waals surface area contributed by atoms with E-state index in [1.807, 2.05) is 11.3 Å². The quantitative estimate of drug-likeness (QED) is 0.154. The highest BCUT2D eigenvalue weighted by Crippen LogP contribution is 2.67. The average Bonchev–Trinajstić information content (AvgIpc) is 3.97. The van der Waals surface area contributed by atoms with Crippen molar-refractivity contribution in [2.75, 3.05) is 4.90 Å². The SMILES string of the molecule is C1=CC2c3ccc(N(c4ccc(-c5ccccc5)cc4)c4ccc(-c5cccc6sc7ccccc7c56)cc4)cc3C3(c4ccccc4C(c4ccccc4)(c4ccccc4)c4ccccc43)C2C=C1. The minimum atomic E-state index is -0.543. The van der Waals surface area contributed by atoms with Crippen molar-refractivity contribution in [1.29, 1.82) is 0 Å². The van der Waals surface area contributed by atoms with Gasteiger partial charge in [-0.15, -0.1) is 11.3 Å². The van der Waals surface area contributed by atoms with Gasteiger partial charge in [0, 0.05) is 49.1 Å². The molecule has 1 aromatic heterocycles. The minimum Gasteiger partial charge on any atom is -0.310 e. The zero-order valence-corrected chi connectivity index (χ0v) is 39.3. The molecule has 2 atom stereocenters. The molecule has 1 heterocycles. The number of nitrogens with zero attached hydrogens (tertiary/aromatic N) is 1. The Morgan fingerprint density at radius 3 is 1.54 bits per heavy atom. The maximum absolute atomic E-state index is 2.55. The third-order valence-electron chi connectivity index (χ3n) is 15.7. The van der Waals surface area contributed by atoms with Crippen LogP contribution in [0.15, 0.2) is 273 Å². The summed E-state index contributed by atoms with van der Waals surface area (Å²) >= 11 is 1.87. The lowest BCUT2D eigenvalue weighted by Gasteiger charge is -2.51. The van der Waals surface area contributed by atoms with Crippen molar-refractivity contribution in [3.05, 3.63) is 318 Å². The smallest absolute Gasteiger partial charge is 0.0707 e. The van der Waals surface area contributed by atoms with Gasteiger partial charge in [-0.2, -0.15) is 0 Å². The third-order valence-corrected chi connectivity index (χ3v) is 16.8. The molecule has 0 fully saturated rings. The predicted molar refractivity (Wildman–Crippen MR) is 294 cm³/mol. The molecule has 0 amide bonds. The van der Waals surface area contributed by atoms with Gasteiger partial charge in [-0.05, 0) is 115 Å². The summed E-state index contributed by atoms with van der Waals surface area (Å²) in [7, 11) is 0. The van der Waals surface area contributed by atoms with Crippen molar-refractivity contribution in [3.63, 3.8) is 0 Å². The molecule has 0 saturated heterocycles. The van der Waals surface area contributed by atoms with E-state index in [0.717, 1.165) is 17.1 Å². The fraction of sp³-hybridized carbons (Fsp3) is 0.0588. The van der Waals surface area contributed by atoms with Crippen molar-refractivity contribution in [2.24, 2.45) is 5.92 Å². The van der Waals surface area contributed by atoms with E-state index in [4.69, 9.17) is 0 Å². The second kappa shape index (κ2) is 16.2. The van der Waals surface area contributed by atoms with Crippen LogP contribution in [-0.2, 0) is 10.8 Å². The predicted octanol–water partition coefficient (Wildman–Crippen LogP) is 17.7. The molecule has 330 valence electrons. The summed E-state index contributed by atoms with van der Waals surface area (Å²) in [6.45, 7) is 0. The van der Waals surface area contributed by atoms with Gasteiger partial charge in [0.1, 0.15) is 0 Å². The largest absolute Gasteiger partial charge is 0.310 e. The van der Waals surface area contributed by atoms with E-state index >= 15 is 0 Å². The van der Waals surface area contributed by atoms with Crippen molar-refractivity contribution in [3.8, 4) is 22.3 Å². The molecule has 10 aromatic carbocycles.